The Labute approximate surface area is 163 Å². The molecule has 1 N–H and O–H groups in total. The maximum atomic E-state index is 13.2. The number of rotatable bonds is 4. The lowest BCUT2D eigenvalue weighted by Gasteiger charge is -2.32. The molecule has 0 fully saturated rings. The summed E-state index contributed by atoms with van der Waals surface area (Å²) >= 11 is 0. The Bertz CT molecular complexity index is 918. The van der Waals surface area contributed by atoms with Gasteiger partial charge < -0.3 is 10.1 Å². The fraction of sp³-hybridized carbons (Fsp3) is 0.318. The molecule has 0 aliphatic carbocycles. The summed E-state index contributed by atoms with van der Waals surface area (Å²) in [6, 6.07) is 13.2. The molecular weight excluding hydrogens is 356 g/mol. The summed E-state index contributed by atoms with van der Waals surface area (Å²) < 4.78 is 5.65. The third kappa shape index (κ3) is 2.95. The highest BCUT2D eigenvalue weighted by atomic mass is 16.5. The summed E-state index contributed by atoms with van der Waals surface area (Å²) in [6.45, 7) is 4.18. The number of hydrogen-bond acceptors (Lipinski definition) is 4. The van der Waals surface area contributed by atoms with Crippen molar-refractivity contribution in [2.45, 2.75) is 32.4 Å². The van der Waals surface area contributed by atoms with Gasteiger partial charge in [-0.15, -0.1) is 0 Å². The zero-order valence-corrected chi connectivity index (χ0v) is 15.8. The van der Waals surface area contributed by atoms with E-state index in [0.29, 0.717) is 24.2 Å². The van der Waals surface area contributed by atoms with Crippen molar-refractivity contribution in [3.63, 3.8) is 0 Å². The Morgan fingerprint density at radius 3 is 2.29 bits per heavy atom. The highest BCUT2D eigenvalue weighted by molar-refractivity contribution is 6.22. The summed E-state index contributed by atoms with van der Waals surface area (Å²) in [5, 5.41) is 3.04. The molecule has 0 spiro atoms. The van der Waals surface area contributed by atoms with Crippen LogP contribution in [0.1, 0.15) is 52.6 Å². The third-order valence-corrected chi connectivity index (χ3v) is 5.28. The standard InChI is InChI=1S/C22H22N2O4/c1-13(2)19(24-21(26)14-7-3-4-8-15(14)22(24)27)20(25)23-17-11-12-28-18-10-6-5-9-16(17)18/h3-10,13,17,19H,11-12H2,1-2H3,(H,23,25). The van der Waals surface area contributed by atoms with Gasteiger partial charge in [-0.25, -0.2) is 0 Å². The molecule has 3 amide bonds. The van der Waals surface area contributed by atoms with Crippen LogP contribution in [0.3, 0.4) is 0 Å². The molecule has 6 heteroatoms. The molecule has 6 nitrogen and oxygen atoms in total. The van der Waals surface area contributed by atoms with E-state index >= 15 is 0 Å². The fourth-order valence-corrected chi connectivity index (χ4v) is 3.93. The van der Waals surface area contributed by atoms with Crippen molar-refractivity contribution in [2.24, 2.45) is 5.92 Å². The van der Waals surface area contributed by atoms with Crippen LogP contribution in [-0.4, -0.2) is 35.3 Å². The average molecular weight is 378 g/mol. The van der Waals surface area contributed by atoms with Crippen molar-refractivity contribution in [3.8, 4) is 5.75 Å². The van der Waals surface area contributed by atoms with E-state index in [0.717, 1.165) is 16.2 Å². The van der Waals surface area contributed by atoms with Crippen LogP contribution in [0.2, 0.25) is 0 Å². The first kappa shape index (κ1) is 18.2. The number of nitrogens with zero attached hydrogens (tertiary/aromatic N) is 1. The van der Waals surface area contributed by atoms with Gasteiger partial charge >= 0.3 is 0 Å². The van der Waals surface area contributed by atoms with Gasteiger partial charge in [0.2, 0.25) is 5.91 Å². The molecule has 0 bridgehead atoms. The second-order valence-corrected chi connectivity index (χ2v) is 7.45. The van der Waals surface area contributed by atoms with E-state index in [1.165, 1.54) is 0 Å². The molecule has 4 rings (SSSR count). The maximum absolute atomic E-state index is 13.2. The van der Waals surface area contributed by atoms with Gasteiger partial charge in [0.15, 0.2) is 0 Å². The molecule has 2 aromatic carbocycles. The van der Waals surface area contributed by atoms with E-state index in [-0.39, 0.29) is 17.9 Å². The number of benzene rings is 2. The monoisotopic (exact) mass is 378 g/mol. The second kappa shape index (κ2) is 7.11. The highest BCUT2D eigenvalue weighted by Gasteiger charge is 2.44. The van der Waals surface area contributed by atoms with Crippen LogP contribution in [0.4, 0.5) is 0 Å². The van der Waals surface area contributed by atoms with Gasteiger partial charge in [0.1, 0.15) is 11.8 Å². The van der Waals surface area contributed by atoms with Crippen LogP contribution in [0.25, 0.3) is 0 Å². The number of hydrogen-bond donors (Lipinski definition) is 1. The number of fused-ring (bicyclic) bond motifs is 2. The van der Waals surface area contributed by atoms with E-state index in [1.54, 1.807) is 24.3 Å². The Kier molecular flexibility index (Phi) is 4.63. The normalized spacial score (nSPS) is 19.1. The minimum Gasteiger partial charge on any atom is -0.493 e. The summed E-state index contributed by atoms with van der Waals surface area (Å²) in [4.78, 5) is 40.0. The van der Waals surface area contributed by atoms with Gasteiger partial charge in [-0.05, 0) is 24.1 Å². The van der Waals surface area contributed by atoms with Crippen molar-refractivity contribution in [1.82, 2.24) is 10.2 Å². The van der Waals surface area contributed by atoms with Crippen LogP contribution in [0.5, 0.6) is 5.75 Å². The van der Waals surface area contributed by atoms with Crippen LogP contribution >= 0.6 is 0 Å². The number of amides is 3. The van der Waals surface area contributed by atoms with Gasteiger partial charge in [0.05, 0.1) is 23.8 Å². The molecule has 2 unspecified atom stereocenters. The van der Waals surface area contributed by atoms with E-state index in [1.807, 2.05) is 38.1 Å². The van der Waals surface area contributed by atoms with E-state index < -0.39 is 17.9 Å². The molecule has 0 aromatic heterocycles. The minimum absolute atomic E-state index is 0.214. The molecule has 144 valence electrons. The summed E-state index contributed by atoms with van der Waals surface area (Å²) in [5.74, 6) is -0.631. The van der Waals surface area contributed by atoms with Crippen LogP contribution in [-0.2, 0) is 4.79 Å². The van der Waals surface area contributed by atoms with Gasteiger partial charge in [0, 0.05) is 12.0 Å². The lowest BCUT2D eigenvalue weighted by molar-refractivity contribution is -0.127. The fourth-order valence-electron chi connectivity index (χ4n) is 3.93. The Balaban J connectivity index is 1.61. The Morgan fingerprint density at radius 1 is 1.04 bits per heavy atom. The van der Waals surface area contributed by atoms with Crippen molar-refractivity contribution in [3.05, 3.63) is 65.2 Å². The third-order valence-electron chi connectivity index (χ3n) is 5.28. The zero-order valence-electron chi connectivity index (χ0n) is 15.8. The predicted molar refractivity (Wildman–Crippen MR) is 103 cm³/mol. The van der Waals surface area contributed by atoms with Gasteiger partial charge in [0.25, 0.3) is 11.8 Å². The first-order valence-corrected chi connectivity index (χ1v) is 9.48. The maximum Gasteiger partial charge on any atom is 0.262 e. The molecular formula is C22H22N2O4. The molecule has 2 heterocycles. The minimum atomic E-state index is -0.873. The van der Waals surface area contributed by atoms with Crippen molar-refractivity contribution >= 4 is 17.7 Å². The number of ether oxygens (including phenoxy) is 1. The molecule has 2 aromatic rings. The smallest absolute Gasteiger partial charge is 0.262 e. The van der Waals surface area contributed by atoms with E-state index in [9.17, 15) is 14.4 Å². The summed E-state index contributed by atoms with van der Waals surface area (Å²) in [5.41, 5.74) is 1.61. The molecule has 2 aliphatic heterocycles. The van der Waals surface area contributed by atoms with Crippen molar-refractivity contribution < 1.29 is 19.1 Å². The van der Waals surface area contributed by atoms with Crippen molar-refractivity contribution in [1.29, 1.82) is 0 Å². The van der Waals surface area contributed by atoms with Gasteiger partial charge in [-0.2, -0.15) is 0 Å². The van der Waals surface area contributed by atoms with Crippen LogP contribution in [0, 0.1) is 5.92 Å². The van der Waals surface area contributed by atoms with Gasteiger partial charge in [-0.1, -0.05) is 44.2 Å². The zero-order chi connectivity index (χ0) is 19.8. The lowest BCUT2D eigenvalue weighted by Crippen LogP contribution is -2.53. The number of imide groups is 1. The van der Waals surface area contributed by atoms with Crippen molar-refractivity contribution in [2.75, 3.05) is 6.61 Å². The van der Waals surface area contributed by atoms with E-state index in [2.05, 4.69) is 5.32 Å². The number of para-hydroxylation sites is 1. The molecule has 2 atom stereocenters. The largest absolute Gasteiger partial charge is 0.493 e. The first-order valence-electron chi connectivity index (χ1n) is 9.48. The first-order chi connectivity index (χ1) is 13.5. The summed E-state index contributed by atoms with van der Waals surface area (Å²) in [7, 11) is 0. The molecule has 2 aliphatic rings. The molecule has 0 radical (unpaired) electrons. The number of nitrogens with one attached hydrogen (secondary N) is 1. The predicted octanol–water partition coefficient (Wildman–Crippen LogP) is 2.95. The van der Waals surface area contributed by atoms with Crippen LogP contribution < -0.4 is 10.1 Å². The lowest BCUT2D eigenvalue weighted by atomic mass is 9.97. The van der Waals surface area contributed by atoms with E-state index in [4.69, 9.17) is 4.74 Å². The average Bonchev–Trinajstić information content (AvgIpc) is 2.94. The number of carbonyl (C=O) groups excluding carboxylic acids is 3. The molecule has 28 heavy (non-hydrogen) atoms. The van der Waals surface area contributed by atoms with Gasteiger partial charge in [-0.3, -0.25) is 19.3 Å². The second-order valence-electron chi connectivity index (χ2n) is 7.45. The highest BCUT2D eigenvalue weighted by Crippen LogP contribution is 2.33. The molecule has 0 saturated carbocycles. The Morgan fingerprint density at radius 2 is 1.64 bits per heavy atom. The quantitative estimate of drug-likeness (QED) is 0.830. The van der Waals surface area contributed by atoms with Crippen LogP contribution in [0.15, 0.2) is 48.5 Å². The molecule has 0 saturated heterocycles. The Hall–Kier alpha value is -3.15. The SMILES string of the molecule is CC(C)C(C(=O)NC1CCOc2ccccc21)N1C(=O)c2ccccc2C1=O. The topological polar surface area (TPSA) is 75.7 Å². The number of carbonyl (C=O) groups is 3. The summed E-state index contributed by atoms with van der Waals surface area (Å²) in [6.07, 6.45) is 0.635.